The average molecular weight is 273 g/mol. The molecular formula is C17H17ClO. The predicted octanol–water partition coefficient (Wildman–Crippen LogP) is 4.82. The third-order valence-electron chi connectivity index (χ3n) is 3.93. The summed E-state index contributed by atoms with van der Waals surface area (Å²) in [6.45, 7) is 0. The standard InChI is InChI=1S/C17H17ClO/c1-19-17-11-15-13(10-16(17)18)8-5-9-14(15)12-6-3-2-4-7-12/h2-4,6-7,10-11,14H,5,8-9H2,1H3. The second-order valence-corrected chi connectivity index (χ2v) is 5.45. The number of halogens is 1. The van der Waals surface area contributed by atoms with Gasteiger partial charge < -0.3 is 4.74 Å². The molecule has 0 aromatic heterocycles. The van der Waals surface area contributed by atoms with E-state index in [1.807, 2.05) is 0 Å². The molecule has 0 radical (unpaired) electrons. The van der Waals surface area contributed by atoms with Crippen LogP contribution in [0, 0.1) is 0 Å². The highest BCUT2D eigenvalue weighted by Crippen LogP contribution is 2.40. The lowest BCUT2D eigenvalue weighted by Gasteiger charge is -2.27. The van der Waals surface area contributed by atoms with Gasteiger partial charge in [-0.2, -0.15) is 0 Å². The molecule has 1 aliphatic carbocycles. The van der Waals surface area contributed by atoms with Crippen molar-refractivity contribution in [2.75, 3.05) is 7.11 Å². The number of methoxy groups -OCH3 is 1. The van der Waals surface area contributed by atoms with Crippen LogP contribution in [0.4, 0.5) is 0 Å². The van der Waals surface area contributed by atoms with Crippen molar-refractivity contribution in [2.24, 2.45) is 0 Å². The van der Waals surface area contributed by atoms with E-state index in [1.165, 1.54) is 29.5 Å². The maximum Gasteiger partial charge on any atom is 0.137 e. The molecule has 0 fully saturated rings. The van der Waals surface area contributed by atoms with E-state index in [9.17, 15) is 0 Å². The monoisotopic (exact) mass is 272 g/mol. The molecule has 2 aromatic carbocycles. The number of benzene rings is 2. The Bertz CT molecular complexity index is 577. The second-order valence-electron chi connectivity index (χ2n) is 5.04. The summed E-state index contributed by atoms with van der Waals surface area (Å²) in [6.07, 6.45) is 3.53. The van der Waals surface area contributed by atoms with E-state index < -0.39 is 0 Å². The number of hydrogen-bond acceptors (Lipinski definition) is 1. The third-order valence-corrected chi connectivity index (χ3v) is 4.23. The zero-order chi connectivity index (χ0) is 13.2. The molecule has 0 aliphatic heterocycles. The van der Waals surface area contributed by atoms with E-state index >= 15 is 0 Å². The molecule has 0 spiro atoms. The number of fused-ring (bicyclic) bond motifs is 1. The van der Waals surface area contributed by atoms with Crippen LogP contribution in [-0.2, 0) is 6.42 Å². The van der Waals surface area contributed by atoms with E-state index in [4.69, 9.17) is 16.3 Å². The van der Waals surface area contributed by atoms with E-state index in [2.05, 4.69) is 42.5 Å². The van der Waals surface area contributed by atoms with Crippen molar-refractivity contribution in [3.63, 3.8) is 0 Å². The number of aryl methyl sites for hydroxylation is 1. The molecule has 0 heterocycles. The van der Waals surface area contributed by atoms with Crippen LogP contribution in [0.25, 0.3) is 0 Å². The van der Waals surface area contributed by atoms with Crippen molar-refractivity contribution in [2.45, 2.75) is 25.2 Å². The van der Waals surface area contributed by atoms with Crippen molar-refractivity contribution in [3.8, 4) is 5.75 Å². The van der Waals surface area contributed by atoms with Gasteiger partial charge >= 0.3 is 0 Å². The number of hydrogen-bond donors (Lipinski definition) is 0. The highest BCUT2D eigenvalue weighted by atomic mass is 35.5. The Balaban J connectivity index is 2.09. The van der Waals surface area contributed by atoms with Crippen LogP contribution in [0.5, 0.6) is 5.75 Å². The first-order valence-corrected chi connectivity index (χ1v) is 7.08. The summed E-state index contributed by atoms with van der Waals surface area (Å²) < 4.78 is 5.36. The van der Waals surface area contributed by atoms with Gasteiger partial charge in [0.2, 0.25) is 0 Å². The molecule has 3 rings (SSSR count). The fourth-order valence-corrected chi connectivity index (χ4v) is 3.25. The van der Waals surface area contributed by atoms with Crippen LogP contribution < -0.4 is 4.74 Å². The molecule has 1 aliphatic rings. The molecule has 1 nitrogen and oxygen atoms in total. The molecule has 2 heteroatoms. The lowest BCUT2D eigenvalue weighted by Crippen LogP contribution is -2.11. The Kier molecular flexibility index (Phi) is 3.48. The summed E-state index contributed by atoms with van der Waals surface area (Å²) in [7, 11) is 1.67. The van der Waals surface area contributed by atoms with Crippen molar-refractivity contribution in [1.82, 2.24) is 0 Å². The molecule has 1 atom stereocenters. The molecule has 0 N–H and O–H groups in total. The van der Waals surface area contributed by atoms with Crippen LogP contribution in [0.1, 0.15) is 35.4 Å². The van der Waals surface area contributed by atoms with Gasteiger partial charge in [0.05, 0.1) is 12.1 Å². The van der Waals surface area contributed by atoms with Gasteiger partial charge in [-0.1, -0.05) is 41.9 Å². The first kappa shape index (κ1) is 12.6. The van der Waals surface area contributed by atoms with Gasteiger partial charge in [-0.25, -0.2) is 0 Å². The molecule has 0 amide bonds. The molecular weight excluding hydrogens is 256 g/mol. The fourth-order valence-electron chi connectivity index (χ4n) is 2.99. The summed E-state index contributed by atoms with van der Waals surface area (Å²) in [5.74, 6) is 1.25. The fraction of sp³-hybridized carbons (Fsp3) is 0.294. The van der Waals surface area contributed by atoms with Crippen LogP contribution in [0.2, 0.25) is 5.02 Å². The van der Waals surface area contributed by atoms with Gasteiger partial charge in [0.15, 0.2) is 0 Å². The average Bonchev–Trinajstić information content (AvgIpc) is 2.46. The van der Waals surface area contributed by atoms with Crippen LogP contribution in [0.3, 0.4) is 0 Å². The SMILES string of the molecule is COc1cc2c(cc1Cl)CCCC2c1ccccc1. The number of rotatable bonds is 2. The van der Waals surface area contributed by atoms with Crippen molar-refractivity contribution in [1.29, 1.82) is 0 Å². The van der Waals surface area contributed by atoms with Crippen molar-refractivity contribution >= 4 is 11.6 Å². The van der Waals surface area contributed by atoms with Crippen LogP contribution >= 0.6 is 11.6 Å². The van der Waals surface area contributed by atoms with Gasteiger partial charge in [-0.15, -0.1) is 0 Å². The van der Waals surface area contributed by atoms with E-state index in [-0.39, 0.29) is 0 Å². The minimum Gasteiger partial charge on any atom is -0.495 e. The Hall–Kier alpha value is -1.47. The highest BCUT2D eigenvalue weighted by molar-refractivity contribution is 6.32. The van der Waals surface area contributed by atoms with Gasteiger partial charge in [0.1, 0.15) is 5.75 Å². The van der Waals surface area contributed by atoms with Crippen molar-refractivity contribution < 1.29 is 4.74 Å². The van der Waals surface area contributed by atoms with Gasteiger partial charge in [-0.3, -0.25) is 0 Å². The first-order chi connectivity index (χ1) is 9.29. The Labute approximate surface area is 119 Å². The predicted molar refractivity (Wildman–Crippen MR) is 79.2 cm³/mol. The van der Waals surface area contributed by atoms with E-state index in [0.717, 1.165) is 17.2 Å². The summed E-state index contributed by atoms with van der Waals surface area (Å²) in [4.78, 5) is 0. The molecule has 0 bridgehead atoms. The zero-order valence-electron chi connectivity index (χ0n) is 11.0. The zero-order valence-corrected chi connectivity index (χ0v) is 11.8. The molecule has 2 aromatic rings. The molecule has 98 valence electrons. The first-order valence-electron chi connectivity index (χ1n) is 6.71. The normalized spacial score (nSPS) is 17.9. The topological polar surface area (TPSA) is 9.23 Å². The van der Waals surface area contributed by atoms with E-state index in [1.54, 1.807) is 7.11 Å². The largest absolute Gasteiger partial charge is 0.495 e. The summed E-state index contributed by atoms with van der Waals surface area (Å²) in [6, 6.07) is 14.9. The maximum atomic E-state index is 6.23. The minimum absolute atomic E-state index is 0.469. The van der Waals surface area contributed by atoms with Gasteiger partial charge in [0.25, 0.3) is 0 Å². The number of ether oxygens (including phenoxy) is 1. The second kappa shape index (κ2) is 5.26. The van der Waals surface area contributed by atoms with Crippen molar-refractivity contribution in [3.05, 3.63) is 64.2 Å². The van der Waals surface area contributed by atoms with Crippen LogP contribution in [-0.4, -0.2) is 7.11 Å². The molecule has 1 unspecified atom stereocenters. The van der Waals surface area contributed by atoms with E-state index in [0.29, 0.717) is 5.92 Å². The van der Waals surface area contributed by atoms with Gasteiger partial charge in [-0.05, 0) is 48.1 Å². The summed E-state index contributed by atoms with van der Waals surface area (Å²) in [5, 5.41) is 0.718. The Morgan fingerprint density at radius 1 is 1.16 bits per heavy atom. The molecule has 0 saturated heterocycles. The highest BCUT2D eigenvalue weighted by Gasteiger charge is 2.23. The lowest BCUT2D eigenvalue weighted by molar-refractivity contribution is 0.413. The minimum atomic E-state index is 0.469. The van der Waals surface area contributed by atoms with Crippen LogP contribution in [0.15, 0.2) is 42.5 Å². The summed E-state index contributed by atoms with van der Waals surface area (Å²) >= 11 is 6.23. The molecule has 0 saturated carbocycles. The maximum absolute atomic E-state index is 6.23. The Morgan fingerprint density at radius 3 is 2.68 bits per heavy atom. The smallest absolute Gasteiger partial charge is 0.137 e. The lowest BCUT2D eigenvalue weighted by atomic mass is 9.79. The molecule has 19 heavy (non-hydrogen) atoms. The quantitative estimate of drug-likeness (QED) is 0.762. The van der Waals surface area contributed by atoms with Gasteiger partial charge in [0, 0.05) is 5.92 Å². The third kappa shape index (κ3) is 2.35. The summed E-state index contributed by atoms with van der Waals surface area (Å²) in [5.41, 5.74) is 4.12. The Morgan fingerprint density at radius 2 is 1.95 bits per heavy atom.